The number of benzene rings is 2. The zero-order valence-corrected chi connectivity index (χ0v) is 22.2. The van der Waals surface area contributed by atoms with Gasteiger partial charge in [-0.3, -0.25) is 9.59 Å². The first kappa shape index (κ1) is 25.8. The monoisotopic (exact) mass is 516 g/mol. The molecule has 0 aliphatic carbocycles. The van der Waals surface area contributed by atoms with E-state index >= 15 is 0 Å². The average molecular weight is 518 g/mol. The third-order valence-electron chi connectivity index (χ3n) is 6.83. The molecule has 1 N–H and O–H groups in total. The molecular weight excluding hydrogens is 483 g/mol. The number of hydrogen-bond acceptors (Lipinski definition) is 4. The van der Waals surface area contributed by atoms with Crippen LogP contribution in [-0.2, 0) is 4.79 Å². The molecule has 4 rings (SSSR count). The summed E-state index contributed by atoms with van der Waals surface area (Å²) in [6, 6.07) is 11.4. The largest absolute Gasteiger partial charge is 0.383 e. The van der Waals surface area contributed by atoms with Crippen LogP contribution in [0.25, 0.3) is 0 Å². The second-order valence-corrected chi connectivity index (χ2v) is 10.7. The van der Waals surface area contributed by atoms with E-state index < -0.39 is 0 Å². The Kier molecular flexibility index (Phi) is 8.25. The lowest BCUT2D eigenvalue weighted by molar-refractivity contribution is -0.133. The van der Waals surface area contributed by atoms with E-state index in [1.807, 2.05) is 29.2 Å². The maximum Gasteiger partial charge on any atom is 0.259 e. The highest BCUT2D eigenvalue weighted by Crippen LogP contribution is 2.39. The van der Waals surface area contributed by atoms with Gasteiger partial charge in [0.15, 0.2) is 0 Å². The number of piperazine rings is 1. The Bertz CT molecular complexity index is 1080. The van der Waals surface area contributed by atoms with E-state index in [9.17, 15) is 9.59 Å². The van der Waals surface area contributed by atoms with Crippen LogP contribution in [0.2, 0.25) is 10.0 Å². The van der Waals surface area contributed by atoms with Gasteiger partial charge >= 0.3 is 0 Å². The number of carbonyl (C=O) groups excluding carboxylic acids is 2. The first-order chi connectivity index (χ1) is 16.7. The van der Waals surface area contributed by atoms with Crippen molar-refractivity contribution in [1.29, 1.82) is 0 Å². The molecule has 0 radical (unpaired) electrons. The van der Waals surface area contributed by atoms with E-state index in [2.05, 4.69) is 31.1 Å². The zero-order chi connectivity index (χ0) is 25.1. The van der Waals surface area contributed by atoms with Crippen molar-refractivity contribution in [3.05, 3.63) is 57.6 Å². The Hall–Kier alpha value is -2.28. The van der Waals surface area contributed by atoms with Crippen molar-refractivity contribution < 1.29 is 9.59 Å². The van der Waals surface area contributed by atoms with E-state index in [1.54, 1.807) is 17.0 Å². The molecular formula is C27H34Cl2N4O2. The third-order valence-corrected chi connectivity index (χ3v) is 7.38. The molecule has 35 heavy (non-hydrogen) atoms. The van der Waals surface area contributed by atoms with Crippen molar-refractivity contribution in [1.82, 2.24) is 9.80 Å². The van der Waals surface area contributed by atoms with Gasteiger partial charge in [0.2, 0.25) is 5.91 Å². The Morgan fingerprint density at radius 2 is 1.77 bits per heavy atom. The van der Waals surface area contributed by atoms with E-state index in [-0.39, 0.29) is 23.8 Å². The van der Waals surface area contributed by atoms with Crippen molar-refractivity contribution in [3.8, 4) is 0 Å². The molecule has 0 saturated carbocycles. The highest BCUT2D eigenvalue weighted by atomic mass is 35.5. The van der Waals surface area contributed by atoms with Crippen LogP contribution in [0.3, 0.4) is 0 Å². The fraction of sp³-hybridized carbons (Fsp3) is 0.481. The fourth-order valence-electron chi connectivity index (χ4n) is 4.95. The molecule has 8 heteroatoms. The van der Waals surface area contributed by atoms with Gasteiger partial charge in [-0.25, -0.2) is 0 Å². The molecule has 2 aromatic rings. The van der Waals surface area contributed by atoms with Crippen molar-refractivity contribution in [2.45, 2.75) is 45.1 Å². The maximum atomic E-state index is 13.7. The number of nitrogens with zero attached hydrogens (tertiary/aromatic N) is 3. The molecule has 0 aromatic heterocycles. The lowest BCUT2D eigenvalue weighted by Gasteiger charge is -2.33. The molecule has 2 aliphatic rings. The first-order valence-electron chi connectivity index (χ1n) is 12.4. The fourth-order valence-corrected chi connectivity index (χ4v) is 5.39. The lowest BCUT2D eigenvalue weighted by atomic mass is 9.90. The van der Waals surface area contributed by atoms with Gasteiger partial charge in [-0.15, -0.1) is 0 Å². The molecule has 6 nitrogen and oxygen atoms in total. The molecule has 1 atom stereocenters. The Balaban J connectivity index is 1.59. The molecule has 0 bridgehead atoms. The number of fused-ring (bicyclic) bond motifs is 1. The molecule has 188 valence electrons. The number of likely N-dealkylation sites (N-methyl/N-ethyl adjacent to an activating group) is 1. The van der Waals surface area contributed by atoms with Crippen LogP contribution in [-0.4, -0.2) is 67.4 Å². The highest BCUT2D eigenvalue weighted by molar-refractivity contribution is 6.35. The summed E-state index contributed by atoms with van der Waals surface area (Å²) < 4.78 is 0. The zero-order valence-electron chi connectivity index (χ0n) is 20.7. The Labute approximate surface area is 218 Å². The number of halogens is 2. The second-order valence-electron chi connectivity index (χ2n) is 9.88. The van der Waals surface area contributed by atoms with Crippen LogP contribution in [0.4, 0.5) is 11.4 Å². The number of amides is 2. The number of carbonyl (C=O) groups is 2. The molecule has 2 heterocycles. The standard InChI is InChI=1S/C27H34Cl2N4O2/c1-18(2)30-21-7-8-22(24(29)17-21)27(35)33-10-4-5-19(23-16-20(28)6-9-25(23)33)15-26(34)32-13-11-31(3)12-14-32/h6-9,16-19,30H,4-5,10-15H2,1-3H3. The van der Waals surface area contributed by atoms with Crippen LogP contribution in [0, 0.1) is 0 Å². The lowest BCUT2D eigenvalue weighted by Crippen LogP contribution is -2.47. The SMILES string of the molecule is CC(C)Nc1ccc(C(=O)N2CCCC(CC(=O)N3CCN(C)CC3)c3cc(Cl)ccc32)c(Cl)c1. The van der Waals surface area contributed by atoms with Crippen molar-refractivity contribution in [2.24, 2.45) is 0 Å². The molecule has 1 fully saturated rings. The van der Waals surface area contributed by atoms with Gasteiger partial charge in [0.1, 0.15) is 0 Å². The minimum absolute atomic E-state index is 0.0155. The summed E-state index contributed by atoms with van der Waals surface area (Å²) in [6.45, 7) is 7.98. The quantitative estimate of drug-likeness (QED) is 0.569. The molecule has 2 amide bonds. The smallest absolute Gasteiger partial charge is 0.259 e. The van der Waals surface area contributed by atoms with E-state index in [4.69, 9.17) is 23.2 Å². The maximum absolute atomic E-state index is 13.7. The number of rotatable bonds is 5. The number of anilines is 2. The number of nitrogens with one attached hydrogen (secondary N) is 1. The molecule has 1 saturated heterocycles. The minimum Gasteiger partial charge on any atom is -0.383 e. The summed E-state index contributed by atoms with van der Waals surface area (Å²) in [5.41, 5.74) is 3.12. The second kappa shape index (κ2) is 11.2. The van der Waals surface area contributed by atoms with E-state index in [0.29, 0.717) is 28.6 Å². The minimum atomic E-state index is -0.138. The average Bonchev–Trinajstić information content (AvgIpc) is 2.98. The van der Waals surface area contributed by atoms with Crippen molar-refractivity contribution >= 4 is 46.4 Å². The van der Waals surface area contributed by atoms with Crippen LogP contribution in [0.15, 0.2) is 36.4 Å². The summed E-state index contributed by atoms with van der Waals surface area (Å²) in [4.78, 5) is 32.8. The normalized spacial score (nSPS) is 18.9. The highest BCUT2D eigenvalue weighted by Gasteiger charge is 2.31. The Morgan fingerprint density at radius 3 is 2.46 bits per heavy atom. The van der Waals surface area contributed by atoms with Crippen LogP contribution >= 0.6 is 23.2 Å². The van der Waals surface area contributed by atoms with Gasteiger partial charge in [0, 0.05) is 61.6 Å². The van der Waals surface area contributed by atoms with E-state index in [0.717, 1.165) is 56.0 Å². The first-order valence-corrected chi connectivity index (χ1v) is 13.1. The van der Waals surface area contributed by atoms with Gasteiger partial charge in [-0.2, -0.15) is 0 Å². The van der Waals surface area contributed by atoms with Crippen LogP contribution < -0.4 is 10.2 Å². The van der Waals surface area contributed by atoms with Gasteiger partial charge in [-0.1, -0.05) is 23.2 Å². The number of hydrogen-bond donors (Lipinski definition) is 1. The molecule has 2 aliphatic heterocycles. The predicted molar refractivity (Wildman–Crippen MR) is 144 cm³/mol. The van der Waals surface area contributed by atoms with Crippen molar-refractivity contribution in [3.63, 3.8) is 0 Å². The predicted octanol–water partition coefficient (Wildman–Crippen LogP) is 5.50. The van der Waals surface area contributed by atoms with Gasteiger partial charge in [0.25, 0.3) is 5.91 Å². The summed E-state index contributed by atoms with van der Waals surface area (Å²) >= 11 is 12.9. The summed E-state index contributed by atoms with van der Waals surface area (Å²) in [6.07, 6.45) is 2.04. The summed E-state index contributed by atoms with van der Waals surface area (Å²) in [5, 5.41) is 4.34. The van der Waals surface area contributed by atoms with Crippen LogP contribution in [0.1, 0.15) is 54.9 Å². The van der Waals surface area contributed by atoms with Gasteiger partial charge in [-0.05, 0) is 81.6 Å². The van der Waals surface area contributed by atoms with Crippen LogP contribution in [0.5, 0.6) is 0 Å². The molecule has 2 aromatic carbocycles. The summed E-state index contributed by atoms with van der Waals surface area (Å²) in [7, 11) is 2.08. The van der Waals surface area contributed by atoms with E-state index in [1.165, 1.54) is 0 Å². The van der Waals surface area contributed by atoms with Gasteiger partial charge in [0.05, 0.1) is 10.6 Å². The topological polar surface area (TPSA) is 55.9 Å². The summed E-state index contributed by atoms with van der Waals surface area (Å²) in [5.74, 6) is 0.0487. The van der Waals surface area contributed by atoms with Crippen molar-refractivity contribution in [2.75, 3.05) is 50.0 Å². The van der Waals surface area contributed by atoms with Gasteiger partial charge < -0.3 is 20.0 Å². The molecule has 1 unspecified atom stereocenters. The molecule has 0 spiro atoms. The Morgan fingerprint density at radius 1 is 1.03 bits per heavy atom. The third kappa shape index (κ3) is 6.11.